The molecular formula is C35H38N2O5. The molecule has 4 aromatic carbocycles. The number of aliphatic hydroxyl groups excluding tert-OH is 1. The zero-order valence-corrected chi connectivity index (χ0v) is 24.5. The third-order valence-corrected chi connectivity index (χ3v) is 7.98. The molecule has 7 heteroatoms. The topological polar surface area (TPSA) is 94.2 Å². The Morgan fingerprint density at radius 3 is 2.02 bits per heavy atom. The van der Waals surface area contributed by atoms with Crippen molar-refractivity contribution in [3.05, 3.63) is 119 Å². The molecule has 1 aliphatic rings. The lowest BCUT2D eigenvalue weighted by Gasteiger charge is -2.37. The van der Waals surface area contributed by atoms with Crippen molar-refractivity contribution >= 4 is 6.09 Å². The first kappa shape index (κ1) is 29.2. The third-order valence-electron chi connectivity index (χ3n) is 7.98. The SMILES string of the molecule is COc1cc(CN(C(=O)OCC2c3ccccc3-c3ccccc32)C(c2cccc(C)c2)[C@H](N)[C@@H](C)O)cc(OC)c1. The number of carbonyl (C=O) groups excluding carboxylic acids is 1. The van der Waals surface area contributed by atoms with Crippen molar-refractivity contribution in [3.63, 3.8) is 0 Å². The summed E-state index contributed by atoms with van der Waals surface area (Å²) in [5.74, 6) is 1.11. The monoisotopic (exact) mass is 566 g/mol. The number of aryl methyl sites for hydroxylation is 1. The molecule has 218 valence electrons. The predicted octanol–water partition coefficient (Wildman–Crippen LogP) is 6.21. The first-order valence-corrected chi connectivity index (χ1v) is 14.1. The number of aliphatic hydroxyl groups is 1. The van der Waals surface area contributed by atoms with Crippen LogP contribution in [0, 0.1) is 6.92 Å². The lowest BCUT2D eigenvalue weighted by atomic mass is 9.93. The van der Waals surface area contributed by atoms with Crippen LogP contribution in [0.2, 0.25) is 0 Å². The second-order valence-electron chi connectivity index (χ2n) is 10.8. The van der Waals surface area contributed by atoms with Crippen molar-refractivity contribution in [2.75, 3.05) is 20.8 Å². The van der Waals surface area contributed by atoms with E-state index < -0.39 is 24.3 Å². The molecule has 1 amide bonds. The van der Waals surface area contributed by atoms with E-state index in [0.717, 1.165) is 38.9 Å². The van der Waals surface area contributed by atoms with E-state index in [1.165, 1.54) is 0 Å². The van der Waals surface area contributed by atoms with E-state index in [0.29, 0.717) is 11.5 Å². The minimum atomic E-state index is -0.890. The van der Waals surface area contributed by atoms with Crippen LogP contribution in [-0.4, -0.2) is 49.1 Å². The normalized spacial score (nSPS) is 14.3. The van der Waals surface area contributed by atoms with Crippen molar-refractivity contribution in [1.82, 2.24) is 4.90 Å². The smallest absolute Gasteiger partial charge is 0.410 e. The summed E-state index contributed by atoms with van der Waals surface area (Å²) in [5, 5.41) is 10.7. The molecule has 0 saturated carbocycles. The molecule has 0 aromatic heterocycles. The standard InChI is InChI=1S/C35H38N2O5/c1-22-10-9-11-25(16-22)34(33(36)23(2)38)37(20-24-17-26(40-3)19-27(18-24)41-4)35(39)42-21-32-30-14-7-5-12-28(30)29-13-6-8-15-31(29)32/h5-19,23,32-34,38H,20-21,36H2,1-4H3/t23-,33-,34?/m1/s1. The summed E-state index contributed by atoms with van der Waals surface area (Å²) in [7, 11) is 3.17. The molecule has 0 heterocycles. The maximum atomic E-state index is 14.2. The van der Waals surface area contributed by atoms with Gasteiger partial charge in [0.15, 0.2) is 0 Å². The van der Waals surface area contributed by atoms with Gasteiger partial charge in [-0.05, 0) is 59.4 Å². The summed E-state index contributed by atoms with van der Waals surface area (Å²) in [6.07, 6.45) is -1.42. The summed E-state index contributed by atoms with van der Waals surface area (Å²) < 4.78 is 17.1. The van der Waals surface area contributed by atoms with Crippen molar-refractivity contribution in [2.24, 2.45) is 5.73 Å². The molecule has 0 bridgehead atoms. The fourth-order valence-corrected chi connectivity index (χ4v) is 5.84. The lowest BCUT2D eigenvalue weighted by Crippen LogP contribution is -2.49. The molecule has 0 fully saturated rings. The van der Waals surface area contributed by atoms with Gasteiger partial charge in [0, 0.05) is 18.5 Å². The van der Waals surface area contributed by atoms with Crippen LogP contribution in [0.5, 0.6) is 11.5 Å². The van der Waals surface area contributed by atoms with E-state index >= 15 is 0 Å². The minimum Gasteiger partial charge on any atom is -0.497 e. The van der Waals surface area contributed by atoms with Gasteiger partial charge in [-0.2, -0.15) is 0 Å². The van der Waals surface area contributed by atoms with E-state index in [1.807, 2.05) is 67.6 Å². The maximum Gasteiger partial charge on any atom is 0.410 e. The molecule has 3 atom stereocenters. The van der Waals surface area contributed by atoms with E-state index in [4.69, 9.17) is 19.9 Å². The largest absolute Gasteiger partial charge is 0.497 e. The van der Waals surface area contributed by atoms with Gasteiger partial charge in [0.05, 0.1) is 32.4 Å². The first-order chi connectivity index (χ1) is 20.3. The molecule has 4 aromatic rings. The number of ether oxygens (including phenoxy) is 3. The van der Waals surface area contributed by atoms with Crippen LogP contribution >= 0.6 is 0 Å². The van der Waals surface area contributed by atoms with Crippen LogP contribution in [0.25, 0.3) is 11.1 Å². The molecule has 1 unspecified atom stereocenters. The number of benzene rings is 4. The van der Waals surface area contributed by atoms with Crippen LogP contribution in [-0.2, 0) is 11.3 Å². The molecule has 5 rings (SSSR count). The quantitative estimate of drug-likeness (QED) is 0.237. The number of amides is 1. The van der Waals surface area contributed by atoms with Crippen LogP contribution in [0.4, 0.5) is 4.79 Å². The molecular weight excluding hydrogens is 528 g/mol. The Morgan fingerprint density at radius 1 is 0.881 bits per heavy atom. The van der Waals surface area contributed by atoms with Gasteiger partial charge < -0.3 is 25.1 Å². The zero-order valence-electron chi connectivity index (χ0n) is 24.5. The zero-order chi connectivity index (χ0) is 29.8. The fourth-order valence-electron chi connectivity index (χ4n) is 5.84. The Kier molecular flexibility index (Phi) is 8.80. The van der Waals surface area contributed by atoms with Crippen molar-refractivity contribution in [1.29, 1.82) is 0 Å². The number of fused-ring (bicyclic) bond motifs is 3. The van der Waals surface area contributed by atoms with E-state index in [1.54, 1.807) is 32.1 Å². The number of methoxy groups -OCH3 is 2. The molecule has 3 N–H and O–H groups in total. The molecule has 0 spiro atoms. The lowest BCUT2D eigenvalue weighted by molar-refractivity contribution is 0.0533. The van der Waals surface area contributed by atoms with Gasteiger partial charge in [-0.1, -0.05) is 78.4 Å². The summed E-state index contributed by atoms with van der Waals surface area (Å²) in [5.41, 5.74) is 13.8. The molecule has 0 radical (unpaired) electrons. The van der Waals surface area contributed by atoms with Crippen LogP contribution in [0.3, 0.4) is 0 Å². The van der Waals surface area contributed by atoms with Crippen LogP contribution in [0.15, 0.2) is 91.0 Å². The Morgan fingerprint density at radius 2 is 1.48 bits per heavy atom. The van der Waals surface area contributed by atoms with Gasteiger partial charge >= 0.3 is 6.09 Å². The minimum absolute atomic E-state index is 0.0945. The van der Waals surface area contributed by atoms with Gasteiger partial charge in [0.1, 0.15) is 18.1 Å². The fraction of sp³-hybridized carbons (Fsp3) is 0.286. The van der Waals surface area contributed by atoms with Gasteiger partial charge in [0.2, 0.25) is 0 Å². The maximum absolute atomic E-state index is 14.2. The highest BCUT2D eigenvalue weighted by molar-refractivity contribution is 5.79. The van der Waals surface area contributed by atoms with Gasteiger partial charge in [0.25, 0.3) is 0 Å². The molecule has 7 nitrogen and oxygen atoms in total. The number of carbonyl (C=O) groups is 1. The van der Waals surface area contributed by atoms with Gasteiger partial charge in [-0.25, -0.2) is 4.79 Å². The summed E-state index contributed by atoms with van der Waals surface area (Å²) in [6.45, 7) is 3.94. The number of hydrogen-bond acceptors (Lipinski definition) is 6. The second kappa shape index (κ2) is 12.7. The molecule has 1 aliphatic carbocycles. The summed E-state index contributed by atoms with van der Waals surface area (Å²) in [6, 6.07) is 28.3. The number of rotatable bonds is 10. The highest BCUT2D eigenvalue weighted by Crippen LogP contribution is 2.44. The van der Waals surface area contributed by atoms with E-state index in [2.05, 4.69) is 24.3 Å². The first-order valence-electron chi connectivity index (χ1n) is 14.1. The molecule has 0 aliphatic heterocycles. The molecule has 42 heavy (non-hydrogen) atoms. The summed E-state index contributed by atoms with van der Waals surface area (Å²) >= 11 is 0. The highest BCUT2D eigenvalue weighted by atomic mass is 16.6. The van der Waals surface area contributed by atoms with Crippen molar-refractivity contribution < 1.29 is 24.1 Å². The summed E-state index contributed by atoms with van der Waals surface area (Å²) in [4.78, 5) is 15.8. The average molecular weight is 567 g/mol. The highest BCUT2D eigenvalue weighted by Gasteiger charge is 2.36. The van der Waals surface area contributed by atoms with E-state index in [-0.39, 0.29) is 19.1 Å². The van der Waals surface area contributed by atoms with Gasteiger partial charge in [-0.3, -0.25) is 4.90 Å². The Balaban J connectivity index is 1.52. The number of hydrogen-bond donors (Lipinski definition) is 2. The number of nitrogens with two attached hydrogens (primary N) is 1. The predicted molar refractivity (Wildman–Crippen MR) is 164 cm³/mol. The Hall–Kier alpha value is -4.33. The van der Waals surface area contributed by atoms with Crippen LogP contribution in [0.1, 0.15) is 46.7 Å². The number of nitrogens with zero attached hydrogens (tertiary/aromatic N) is 1. The Bertz CT molecular complexity index is 1480. The van der Waals surface area contributed by atoms with E-state index in [9.17, 15) is 9.90 Å². The Labute approximate surface area is 247 Å². The van der Waals surface area contributed by atoms with Crippen molar-refractivity contribution in [3.8, 4) is 22.6 Å². The third kappa shape index (κ3) is 5.98. The average Bonchev–Trinajstić information content (AvgIpc) is 3.32. The van der Waals surface area contributed by atoms with Crippen molar-refractivity contribution in [2.45, 2.75) is 44.5 Å². The van der Waals surface area contributed by atoms with Crippen LogP contribution < -0.4 is 15.2 Å². The molecule has 0 saturated heterocycles. The second-order valence-corrected chi connectivity index (χ2v) is 10.8. The van der Waals surface area contributed by atoms with Gasteiger partial charge in [-0.15, -0.1) is 0 Å².